The second kappa shape index (κ2) is 5.85. The molecule has 1 aliphatic rings. The van der Waals surface area contributed by atoms with E-state index in [2.05, 4.69) is 10.6 Å². The number of anilines is 1. The summed E-state index contributed by atoms with van der Waals surface area (Å²) in [6.07, 6.45) is 0. The number of carbonyl (C=O) groups is 3. The van der Waals surface area contributed by atoms with Crippen molar-refractivity contribution < 1.29 is 18.8 Å². The zero-order valence-electron chi connectivity index (χ0n) is 11.9. The van der Waals surface area contributed by atoms with Crippen molar-refractivity contribution in [2.24, 2.45) is 0 Å². The Kier molecular flexibility index (Phi) is 4.32. The van der Waals surface area contributed by atoms with Crippen LogP contribution in [0.3, 0.4) is 0 Å². The van der Waals surface area contributed by atoms with Gasteiger partial charge in [0.05, 0.1) is 11.3 Å². The van der Waals surface area contributed by atoms with Gasteiger partial charge in [-0.3, -0.25) is 14.4 Å². The first-order valence-corrected chi connectivity index (χ1v) is 7.34. The summed E-state index contributed by atoms with van der Waals surface area (Å²) in [5.74, 6) is -1.14. The normalized spacial score (nSPS) is 17.1. The molecule has 0 radical (unpaired) electrons. The Morgan fingerprint density at radius 1 is 1.33 bits per heavy atom. The quantitative estimate of drug-likeness (QED) is 0.874. The summed E-state index contributed by atoms with van der Waals surface area (Å²) in [7, 11) is 0. The number of Topliss-reactive ketones (excluding diaryl/α,β-unsaturated/α-hetero) is 1. The number of halogens is 1. The summed E-state index contributed by atoms with van der Waals surface area (Å²) < 4.78 is 13.9. The summed E-state index contributed by atoms with van der Waals surface area (Å²) in [4.78, 5) is 35.4. The monoisotopic (exact) mass is 310 g/mol. The fourth-order valence-corrected chi connectivity index (χ4v) is 3.44. The van der Waals surface area contributed by atoms with Crippen LogP contribution in [0.15, 0.2) is 11.0 Å². The van der Waals surface area contributed by atoms with E-state index in [1.54, 1.807) is 6.92 Å². The molecule has 1 aliphatic heterocycles. The van der Waals surface area contributed by atoms with Gasteiger partial charge in [-0.1, -0.05) is 0 Å². The van der Waals surface area contributed by atoms with E-state index in [9.17, 15) is 18.8 Å². The maximum Gasteiger partial charge on any atom is 0.221 e. The molecule has 1 unspecified atom stereocenters. The molecular formula is C14H15FN2O3S. The van der Waals surface area contributed by atoms with E-state index < -0.39 is 11.9 Å². The summed E-state index contributed by atoms with van der Waals surface area (Å²) in [6.45, 7) is 4.21. The van der Waals surface area contributed by atoms with Crippen molar-refractivity contribution in [3.8, 4) is 0 Å². The predicted molar refractivity (Wildman–Crippen MR) is 78.1 cm³/mol. The molecule has 2 N–H and O–H groups in total. The number of thioether (sulfide) groups is 1. The molecule has 7 heteroatoms. The molecule has 1 heterocycles. The van der Waals surface area contributed by atoms with E-state index in [0.717, 1.165) is 6.07 Å². The average Bonchev–Trinajstić information content (AvgIpc) is 2.37. The first-order valence-electron chi connectivity index (χ1n) is 6.36. The number of benzene rings is 1. The van der Waals surface area contributed by atoms with E-state index in [0.29, 0.717) is 16.2 Å². The van der Waals surface area contributed by atoms with Crippen molar-refractivity contribution >= 4 is 35.0 Å². The minimum Gasteiger partial charge on any atom is -0.345 e. The van der Waals surface area contributed by atoms with Gasteiger partial charge in [-0.05, 0) is 18.6 Å². The van der Waals surface area contributed by atoms with Crippen LogP contribution in [0.1, 0.15) is 29.8 Å². The fraction of sp³-hybridized carbons (Fsp3) is 0.357. The van der Waals surface area contributed by atoms with Crippen LogP contribution in [0.25, 0.3) is 0 Å². The van der Waals surface area contributed by atoms with Gasteiger partial charge in [-0.25, -0.2) is 4.39 Å². The van der Waals surface area contributed by atoms with Crippen molar-refractivity contribution in [2.45, 2.75) is 31.7 Å². The lowest BCUT2D eigenvalue weighted by atomic mass is 9.99. The molecule has 112 valence electrons. The van der Waals surface area contributed by atoms with Crippen LogP contribution >= 0.6 is 11.8 Å². The first kappa shape index (κ1) is 15.5. The third kappa shape index (κ3) is 3.07. The summed E-state index contributed by atoms with van der Waals surface area (Å²) >= 11 is 1.30. The molecule has 0 bridgehead atoms. The predicted octanol–water partition coefficient (Wildman–Crippen LogP) is 1.89. The second-order valence-electron chi connectivity index (χ2n) is 4.84. The number of hydrogen-bond acceptors (Lipinski definition) is 4. The maximum atomic E-state index is 13.9. The highest BCUT2D eigenvalue weighted by molar-refractivity contribution is 7.99. The Labute approximate surface area is 125 Å². The largest absolute Gasteiger partial charge is 0.345 e. The molecular weight excluding hydrogens is 295 g/mol. The third-order valence-corrected chi connectivity index (χ3v) is 4.41. The standard InChI is InChI=1S/C14H15FN2O3S/c1-6-9(15)4-10(16-7(2)18)12-13(20)11(17-8(3)19)5-21-14(6)12/h4,11H,5H2,1-3H3,(H,16,18)(H,17,19). The van der Waals surface area contributed by atoms with Gasteiger partial charge in [0.1, 0.15) is 11.9 Å². The van der Waals surface area contributed by atoms with Crippen molar-refractivity contribution in [1.29, 1.82) is 0 Å². The van der Waals surface area contributed by atoms with Crippen LogP contribution in [0.4, 0.5) is 10.1 Å². The Bertz CT molecular complexity index is 646. The van der Waals surface area contributed by atoms with Crippen LogP contribution < -0.4 is 10.6 Å². The van der Waals surface area contributed by atoms with Crippen LogP contribution in [0, 0.1) is 12.7 Å². The number of nitrogens with one attached hydrogen (secondary N) is 2. The van der Waals surface area contributed by atoms with Gasteiger partial charge in [-0.2, -0.15) is 0 Å². The van der Waals surface area contributed by atoms with Gasteiger partial charge in [0.25, 0.3) is 0 Å². The van der Waals surface area contributed by atoms with E-state index in [1.165, 1.54) is 25.6 Å². The second-order valence-corrected chi connectivity index (χ2v) is 5.87. The minimum absolute atomic E-state index is 0.146. The molecule has 0 spiro atoms. The molecule has 21 heavy (non-hydrogen) atoms. The van der Waals surface area contributed by atoms with E-state index >= 15 is 0 Å². The van der Waals surface area contributed by atoms with Crippen molar-refractivity contribution in [3.05, 3.63) is 23.0 Å². The Balaban J connectivity index is 2.53. The summed E-state index contributed by atoms with van der Waals surface area (Å²) in [5.41, 5.74) is 0.783. The van der Waals surface area contributed by atoms with Crippen LogP contribution in [-0.4, -0.2) is 29.4 Å². The Hall–Kier alpha value is -1.89. The Morgan fingerprint density at radius 2 is 2.00 bits per heavy atom. The topological polar surface area (TPSA) is 75.3 Å². The first-order chi connectivity index (χ1) is 9.81. The van der Waals surface area contributed by atoms with Gasteiger partial charge in [0, 0.05) is 24.5 Å². The lowest BCUT2D eigenvalue weighted by Crippen LogP contribution is -2.44. The SMILES string of the molecule is CC(=O)Nc1cc(F)c(C)c2c1C(=O)C(NC(C)=O)CS2. The van der Waals surface area contributed by atoms with Gasteiger partial charge in [-0.15, -0.1) is 11.8 Å². The molecule has 0 saturated heterocycles. The lowest BCUT2D eigenvalue weighted by Gasteiger charge is -2.26. The molecule has 1 aromatic carbocycles. The number of hydrogen-bond donors (Lipinski definition) is 2. The van der Waals surface area contributed by atoms with Crippen LogP contribution in [-0.2, 0) is 9.59 Å². The molecule has 2 amide bonds. The third-order valence-electron chi connectivity index (χ3n) is 3.11. The zero-order chi connectivity index (χ0) is 15.7. The van der Waals surface area contributed by atoms with Crippen molar-refractivity contribution in [2.75, 3.05) is 11.1 Å². The molecule has 0 aromatic heterocycles. The van der Waals surface area contributed by atoms with Gasteiger partial charge >= 0.3 is 0 Å². The van der Waals surface area contributed by atoms with E-state index in [4.69, 9.17) is 0 Å². The van der Waals surface area contributed by atoms with Crippen molar-refractivity contribution in [1.82, 2.24) is 5.32 Å². The number of carbonyl (C=O) groups excluding carboxylic acids is 3. The number of ketones is 1. The molecule has 1 atom stereocenters. The summed E-state index contributed by atoms with van der Waals surface area (Å²) in [6, 6.07) is 0.474. The summed E-state index contributed by atoms with van der Waals surface area (Å²) in [5, 5.41) is 5.05. The van der Waals surface area contributed by atoms with Crippen LogP contribution in [0.5, 0.6) is 0 Å². The lowest BCUT2D eigenvalue weighted by molar-refractivity contribution is -0.119. The van der Waals surface area contributed by atoms with Gasteiger partial charge in [0.2, 0.25) is 11.8 Å². The molecule has 0 fully saturated rings. The maximum absolute atomic E-state index is 13.9. The van der Waals surface area contributed by atoms with Crippen molar-refractivity contribution in [3.63, 3.8) is 0 Å². The number of fused-ring (bicyclic) bond motifs is 1. The van der Waals surface area contributed by atoms with Gasteiger partial charge < -0.3 is 10.6 Å². The van der Waals surface area contributed by atoms with Gasteiger partial charge in [0.15, 0.2) is 5.78 Å². The number of amides is 2. The molecule has 5 nitrogen and oxygen atoms in total. The average molecular weight is 310 g/mol. The fourth-order valence-electron chi connectivity index (χ4n) is 2.21. The zero-order valence-corrected chi connectivity index (χ0v) is 12.7. The highest BCUT2D eigenvalue weighted by atomic mass is 32.2. The molecule has 0 saturated carbocycles. The van der Waals surface area contributed by atoms with Crippen LogP contribution in [0.2, 0.25) is 0 Å². The Morgan fingerprint density at radius 3 is 2.57 bits per heavy atom. The highest BCUT2D eigenvalue weighted by Crippen LogP contribution is 2.38. The number of rotatable bonds is 2. The molecule has 2 rings (SSSR count). The van der Waals surface area contributed by atoms with E-state index in [1.807, 2.05) is 0 Å². The van der Waals surface area contributed by atoms with E-state index in [-0.39, 0.29) is 28.8 Å². The highest BCUT2D eigenvalue weighted by Gasteiger charge is 2.33. The molecule has 1 aromatic rings. The molecule has 0 aliphatic carbocycles. The minimum atomic E-state index is -0.669. The smallest absolute Gasteiger partial charge is 0.221 e.